The van der Waals surface area contributed by atoms with E-state index in [0.717, 1.165) is 0 Å². The van der Waals surface area contributed by atoms with Gasteiger partial charge in [0.15, 0.2) is 6.61 Å². The van der Waals surface area contributed by atoms with Crippen LogP contribution in [0.15, 0.2) is 83.5 Å². The number of amides is 3. The van der Waals surface area contributed by atoms with E-state index in [1.54, 1.807) is 72.8 Å². The summed E-state index contributed by atoms with van der Waals surface area (Å²) < 4.78 is 10.1. The number of nitrogens with one attached hydrogen (secondary N) is 2. The van der Waals surface area contributed by atoms with Crippen molar-refractivity contribution < 1.29 is 28.6 Å². The molecule has 3 aromatic rings. The largest absolute Gasteiger partial charge is 0.467 e. The molecule has 0 saturated heterocycles. The van der Waals surface area contributed by atoms with Gasteiger partial charge in [-0.15, -0.1) is 0 Å². The van der Waals surface area contributed by atoms with Gasteiger partial charge in [0.25, 0.3) is 5.91 Å². The van der Waals surface area contributed by atoms with Gasteiger partial charge in [-0.1, -0.05) is 60.7 Å². The third-order valence-corrected chi connectivity index (χ3v) is 4.27. The Bertz CT molecular complexity index is 947. The molecule has 0 spiro atoms. The van der Waals surface area contributed by atoms with Gasteiger partial charge in [0.1, 0.15) is 5.76 Å². The van der Waals surface area contributed by atoms with Crippen molar-refractivity contribution in [1.82, 2.24) is 10.6 Å². The highest BCUT2D eigenvalue weighted by atomic mass is 16.6. The van der Waals surface area contributed by atoms with Crippen LogP contribution in [0.25, 0.3) is 0 Å². The number of rotatable bonds is 7. The first-order valence-corrected chi connectivity index (χ1v) is 9.11. The number of furan rings is 1. The maximum atomic E-state index is 12.8. The van der Waals surface area contributed by atoms with Crippen LogP contribution < -0.4 is 10.6 Å². The number of carbonyl (C=O) groups excluding carboxylic acids is 3. The van der Waals surface area contributed by atoms with Crippen molar-refractivity contribution in [1.29, 1.82) is 0 Å². The van der Waals surface area contributed by atoms with Crippen molar-refractivity contribution in [3.8, 4) is 0 Å². The molecule has 0 aliphatic rings. The molecule has 3 amide bonds. The van der Waals surface area contributed by atoms with E-state index in [9.17, 15) is 19.5 Å². The van der Waals surface area contributed by atoms with Gasteiger partial charge >= 0.3 is 12.0 Å². The number of benzene rings is 2. The summed E-state index contributed by atoms with van der Waals surface area (Å²) in [7, 11) is 0. The number of carbonyl (C=O) groups is 3. The molecule has 3 rings (SSSR count). The molecule has 0 fully saturated rings. The number of hydrogen-bond acceptors (Lipinski definition) is 6. The number of hydrogen-bond donors (Lipinski definition) is 3. The van der Waals surface area contributed by atoms with Gasteiger partial charge in [-0.05, 0) is 23.3 Å². The minimum Gasteiger partial charge on any atom is -0.467 e. The Kier molecular flexibility index (Phi) is 6.61. The first-order chi connectivity index (χ1) is 14.5. The SMILES string of the molecule is O=C(COC(=O)C(O)(c1ccccc1)c1ccccc1)NC(=O)NCc1ccco1. The topological polar surface area (TPSA) is 118 Å². The first-order valence-electron chi connectivity index (χ1n) is 9.11. The van der Waals surface area contributed by atoms with Gasteiger partial charge in [-0.2, -0.15) is 0 Å². The fraction of sp³-hybridized carbons (Fsp3) is 0.136. The fourth-order valence-electron chi connectivity index (χ4n) is 2.78. The Morgan fingerprint density at radius 3 is 2.03 bits per heavy atom. The molecule has 8 heteroatoms. The van der Waals surface area contributed by atoms with Crippen molar-refractivity contribution in [3.63, 3.8) is 0 Å². The zero-order chi connectivity index (χ0) is 21.4. The lowest BCUT2D eigenvalue weighted by molar-refractivity contribution is -0.164. The standard InChI is InChI=1S/C22H20N2O6/c25-19(24-21(27)23-14-18-12-7-13-29-18)15-30-20(26)22(28,16-8-3-1-4-9-16)17-10-5-2-6-11-17/h1-13,28H,14-15H2,(H2,23,24,25,27). The quantitative estimate of drug-likeness (QED) is 0.515. The predicted octanol–water partition coefficient (Wildman–Crippen LogP) is 2.08. The zero-order valence-corrected chi connectivity index (χ0v) is 15.9. The normalized spacial score (nSPS) is 10.8. The number of ether oxygens (including phenoxy) is 1. The van der Waals surface area contributed by atoms with Crippen molar-refractivity contribution in [2.75, 3.05) is 6.61 Å². The Labute approximate surface area is 172 Å². The molecular weight excluding hydrogens is 388 g/mol. The minimum absolute atomic E-state index is 0.0909. The van der Waals surface area contributed by atoms with Crippen LogP contribution in [0.3, 0.4) is 0 Å². The fourth-order valence-corrected chi connectivity index (χ4v) is 2.78. The van der Waals surface area contributed by atoms with Crippen LogP contribution in [0, 0.1) is 0 Å². The summed E-state index contributed by atoms with van der Waals surface area (Å²) in [5, 5.41) is 15.7. The highest BCUT2D eigenvalue weighted by Crippen LogP contribution is 2.30. The van der Waals surface area contributed by atoms with E-state index in [-0.39, 0.29) is 17.7 Å². The second kappa shape index (κ2) is 9.53. The summed E-state index contributed by atoms with van der Waals surface area (Å²) in [5.74, 6) is -1.37. The van der Waals surface area contributed by atoms with Crippen LogP contribution in [0.2, 0.25) is 0 Å². The van der Waals surface area contributed by atoms with E-state index < -0.39 is 30.1 Å². The van der Waals surface area contributed by atoms with E-state index in [1.807, 2.05) is 5.32 Å². The lowest BCUT2D eigenvalue weighted by Crippen LogP contribution is -2.43. The summed E-state index contributed by atoms with van der Waals surface area (Å²) in [6.45, 7) is -0.650. The highest BCUT2D eigenvalue weighted by molar-refractivity contribution is 5.96. The number of esters is 1. The molecule has 1 aromatic heterocycles. The second-order valence-electron chi connectivity index (χ2n) is 6.33. The molecule has 0 bridgehead atoms. The number of imide groups is 1. The molecule has 2 aromatic carbocycles. The monoisotopic (exact) mass is 408 g/mol. The number of urea groups is 1. The lowest BCUT2D eigenvalue weighted by Gasteiger charge is -2.26. The third kappa shape index (κ3) is 4.92. The third-order valence-electron chi connectivity index (χ3n) is 4.27. The number of aliphatic hydroxyl groups is 1. The molecular formula is C22H20N2O6. The molecule has 0 saturated carbocycles. The molecule has 30 heavy (non-hydrogen) atoms. The van der Waals surface area contributed by atoms with Gasteiger partial charge in [-0.25, -0.2) is 9.59 Å². The smallest absolute Gasteiger partial charge is 0.348 e. The van der Waals surface area contributed by atoms with E-state index >= 15 is 0 Å². The van der Waals surface area contributed by atoms with Gasteiger partial charge in [-0.3, -0.25) is 10.1 Å². The van der Waals surface area contributed by atoms with Crippen LogP contribution in [0.1, 0.15) is 16.9 Å². The molecule has 154 valence electrons. The Hall–Kier alpha value is -3.91. The summed E-state index contributed by atoms with van der Waals surface area (Å²) in [5.41, 5.74) is -1.53. The lowest BCUT2D eigenvalue weighted by atomic mass is 9.86. The van der Waals surface area contributed by atoms with Gasteiger partial charge in [0.05, 0.1) is 12.8 Å². The first kappa shape index (κ1) is 20.8. The van der Waals surface area contributed by atoms with Gasteiger partial charge in [0, 0.05) is 0 Å². The average Bonchev–Trinajstić information content (AvgIpc) is 3.30. The van der Waals surface area contributed by atoms with Crippen molar-refractivity contribution in [3.05, 3.63) is 95.9 Å². The summed E-state index contributed by atoms with van der Waals surface area (Å²) in [6.07, 6.45) is 1.46. The maximum absolute atomic E-state index is 12.8. The zero-order valence-electron chi connectivity index (χ0n) is 15.9. The van der Waals surface area contributed by atoms with E-state index in [1.165, 1.54) is 6.26 Å². The Balaban J connectivity index is 1.62. The van der Waals surface area contributed by atoms with Crippen LogP contribution in [0.5, 0.6) is 0 Å². The highest BCUT2D eigenvalue weighted by Gasteiger charge is 2.41. The second-order valence-corrected chi connectivity index (χ2v) is 6.33. The molecule has 1 heterocycles. The molecule has 0 aliphatic carbocycles. The van der Waals surface area contributed by atoms with Crippen molar-refractivity contribution in [2.24, 2.45) is 0 Å². The Morgan fingerprint density at radius 2 is 1.50 bits per heavy atom. The molecule has 0 aliphatic heterocycles. The van der Waals surface area contributed by atoms with Crippen LogP contribution in [-0.4, -0.2) is 29.6 Å². The molecule has 0 radical (unpaired) electrons. The van der Waals surface area contributed by atoms with Crippen molar-refractivity contribution in [2.45, 2.75) is 12.1 Å². The Morgan fingerprint density at radius 1 is 0.900 bits per heavy atom. The summed E-state index contributed by atoms with van der Waals surface area (Å²) >= 11 is 0. The van der Waals surface area contributed by atoms with Crippen molar-refractivity contribution >= 4 is 17.9 Å². The van der Waals surface area contributed by atoms with E-state index in [4.69, 9.17) is 9.15 Å². The molecule has 0 unspecified atom stereocenters. The average molecular weight is 408 g/mol. The van der Waals surface area contributed by atoms with Gasteiger partial charge in [0.2, 0.25) is 5.60 Å². The summed E-state index contributed by atoms with van der Waals surface area (Å²) in [4.78, 5) is 36.5. The van der Waals surface area contributed by atoms with Crippen LogP contribution in [0.4, 0.5) is 4.79 Å². The minimum atomic E-state index is -2.11. The van der Waals surface area contributed by atoms with Gasteiger partial charge < -0.3 is 19.6 Å². The maximum Gasteiger partial charge on any atom is 0.348 e. The van der Waals surface area contributed by atoms with E-state index in [0.29, 0.717) is 5.76 Å². The van der Waals surface area contributed by atoms with Crippen LogP contribution >= 0.6 is 0 Å². The van der Waals surface area contributed by atoms with Crippen LogP contribution in [-0.2, 0) is 26.5 Å². The molecule has 0 atom stereocenters. The predicted molar refractivity (Wildman–Crippen MR) is 106 cm³/mol. The molecule has 8 nitrogen and oxygen atoms in total. The molecule has 3 N–H and O–H groups in total. The van der Waals surface area contributed by atoms with E-state index in [2.05, 4.69) is 5.32 Å². The summed E-state index contributed by atoms with van der Waals surface area (Å²) in [6, 6.07) is 19.1.